The van der Waals surface area contributed by atoms with Crippen molar-refractivity contribution < 1.29 is 14.6 Å². The average Bonchev–Trinajstić information content (AvgIpc) is 3.21. The summed E-state index contributed by atoms with van der Waals surface area (Å²) in [6.45, 7) is -0.179. The van der Waals surface area contributed by atoms with Crippen LogP contribution >= 0.6 is 0 Å². The van der Waals surface area contributed by atoms with Gasteiger partial charge in [0.1, 0.15) is 5.65 Å². The molecule has 7 heteroatoms. The van der Waals surface area contributed by atoms with Crippen molar-refractivity contribution in [1.82, 2.24) is 15.0 Å². The molecule has 3 heterocycles. The molecule has 4 aromatic rings. The third-order valence-corrected chi connectivity index (χ3v) is 4.62. The van der Waals surface area contributed by atoms with Crippen molar-refractivity contribution in [2.75, 3.05) is 19.0 Å². The number of aromatic amines is 1. The fraction of sp³-hybridized carbons (Fsp3) is 0.0870. The zero-order valence-corrected chi connectivity index (χ0v) is 16.3. The summed E-state index contributed by atoms with van der Waals surface area (Å²) >= 11 is 0. The first-order valence-electron chi connectivity index (χ1n) is 9.34. The number of methoxy groups -OCH3 is 1. The van der Waals surface area contributed by atoms with Gasteiger partial charge in [-0.3, -0.25) is 4.79 Å². The number of carbonyl (C=O) groups excluding carboxylic acids is 1. The number of fused-ring (bicyclic) bond motifs is 1. The van der Waals surface area contributed by atoms with Crippen LogP contribution in [0.5, 0.6) is 5.88 Å². The third kappa shape index (κ3) is 4.06. The summed E-state index contributed by atoms with van der Waals surface area (Å²) in [5.74, 6) is 0.249. The Kier molecular flexibility index (Phi) is 5.54. The molecule has 0 saturated carbocycles. The number of aliphatic hydroxyl groups excluding tert-OH is 1. The second-order valence-corrected chi connectivity index (χ2v) is 6.56. The van der Waals surface area contributed by atoms with Crippen molar-refractivity contribution in [1.29, 1.82) is 0 Å². The lowest BCUT2D eigenvalue weighted by molar-refractivity contribution is -0.111. The maximum atomic E-state index is 11.9. The van der Waals surface area contributed by atoms with Crippen molar-refractivity contribution in [3.05, 3.63) is 73.2 Å². The summed E-state index contributed by atoms with van der Waals surface area (Å²) in [5, 5.41) is 12.5. The molecular weight excluding hydrogens is 380 g/mol. The summed E-state index contributed by atoms with van der Waals surface area (Å²) in [6.07, 6.45) is 8.11. The van der Waals surface area contributed by atoms with Crippen LogP contribution in [0, 0.1) is 0 Å². The summed E-state index contributed by atoms with van der Waals surface area (Å²) in [5.41, 5.74) is 5.26. The second-order valence-electron chi connectivity index (χ2n) is 6.56. The Morgan fingerprint density at radius 2 is 2.07 bits per heavy atom. The van der Waals surface area contributed by atoms with E-state index in [2.05, 4.69) is 26.3 Å². The standard InChI is InChI=1S/C23H20N4O3/c1-30-22-12-16(7-8-24-22)20-14-26-23-19(20)11-17(13-25-23)15-4-2-5-18(10-15)27-21(29)6-3-9-28/h2-8,10-14,28H,9H2,1H3,(H,25,26)(H,27,29). The number of nitrogens with one attached hydrogen (secondary N) is 2. The van der Waals surface area contributed by atoms with E-state index in [-0.39, 0.29) is 12.5 Å². The van der Waals surface area contributed by atoms with Crippen LogP contribution in [0.3, 0.4) is 0 Å². The minimum absolute atomic E-state index is 0.179. The second kappa shape index (κ2) is 8.59. The number of hydrogen-bond acceptors (Lipinski definition) is 5. The number of hydrogen-bond donors (Lipinski definition) is 3. The SMILES string of the molecule is COc1cc(-c2c[nH]c3ncc(-c4cccc(NC(=O)C=CCO)c4)cc23)ccn1. The molecule has 3 N–H and O–H groups in total. The number of amides is 1. The topological polar surface area (TPSA) is 100 Å². The molecule has 7 nitrogen and oxygen atoms in total. The molecular formula is C23H20N4O3. The van der Waals surface area contributed by atoms with E-state index < -0.39 is 0 Å². The molecule has 4 rings (SSSR count). The van der Waals surface area contributed by atoms with Gasteiger partial charge in [0.25, 0.3) is 0 Å². The molecule has 0 fully saturated rings. The van der Waals surface area contributed by atoms with E-state index in [0.717, 1.165) is 33.3 Å². The Morgan fingerprint density at radius 3 is 2.90 bits per heavy atom. The van der Waals surface area contributed by atoms with Gasteiger partial charge in [0.2, 0.25) is 11.8 Å². The predicted octanol–water partition coefficient (Wildman–Crippen LogP) is 3.79. The Balaban J connectivity index is 1.69. The number of carbonyl (C=O) groups is 1. The van der Waals surface area contributed by atoms with E-state index in [4.69, 9.17) is 9.84 Å². The van der Waals surface area contributed by atoms with Crippen LogP contribution in [0.15, 0.2) is 73.2 Å². The first kappa shape index (κ1) is 19.4. The Morgan fingerprint density at radius 1 is 1.17 bits per heavy atom. The van der Waals surface area contributed by atoms with Crippen molar-refractivity contribution in [3.63, 3.8) is 0 Å². The zero-order valence-electron chi connectivity index (χ0n) is 16.3. The molecule has 0 atom stereocenters. The van der Waals surface area contributed by atoms with E-state index in [1.165, 1.54) is 12.2 Å². The number of benzene rings is 1. The minimum atomic E-state index is -0.297. The molecule has 0 aliphatic carbocycles. The minimum Gasteiger partial charge on any atom is -0.481 e. The molecule has 0 spiro atoms. The Hall–Kier alpha value is -3.97. The van der Waals surface area contributed by atoms with Crippen LogP contribution in [-0.2, 0) is 4.79 Å². The lowest BCUT2D eigenvalue weighted by Gasteiger charge is -2.07. The van der Waals surface area contributed by atoms with Crippen LogP contribution in [0.4, 0.5) is 5.69 Å². The first-order valence-corrected chi connectivity index (χ1v) is 9.34. The van der Waals surface area contributed by atoms with E-state index in [0.29, 0.717) is 11.6 Å². The number of ether oxygens (including phenoxy) is 1. The maximum Gasteiger partial charge on any atom is 0.248 e. The number of anilines is 1. The summed E-state index contributed by atoms with van der Waals surface area (Å²) in [7, 11) is 1.59. The van der Waals surface area contributed by atoms with Gasteiger partial charge in [0, 0.05) is 52.9 Å². The zero-order chi connectivity index (χ0) is 20.9. The number of H-pyrrole nitrogens is 1. The molecule has 0 aliphatic heterocycles. The van der Waals surface area contributed by atoms with Gasteiger partial charge in [-0.15, -0.1) is 0 Å². The fourth-order valence-corrected chi connectivity index (χ4v) is 3.21. The highest BCUT2D eigenvalue weighted by molar-refractivity contribution is 6.00. The van der Waals surface area contributed by atoms with Crippen LogP contribution in [-0.4, -0.2) is 39.7 Å². The van der Waals surface area contributed by atoms with Crippen molar-refractivity contribution in [3.8, 4) is 28.1 Å². The number of rotatable bonds is 6. The molecule has 0 radical (unpaired) electrons. The quantitative estimate of drug-likeness (QED) is 0.428. The highest BCUT2D eigenvalue weighted by Crippen LogP contribution is 2.32. The van der Waals surface area contributed by atoms with Gasteiger partial charge < -0.3 is 20.1 Å². The van der Waals surface area contributed by atoms with Gasteiger partial charge in [-0.05, 0) is 35.4 Å². The van der Waals surface area contributed by atoms with E-state index in [9.17, 15) is 4.79 Å². The van der Waals surface area contributed by atoms with Gasteiger partial charge in [-0.25, -0.2) is 9.97 Å². The molecule has 3 aromatic heterocycles. The monoisotopic (exact) mass is 400 g/mol. The van der Waals surface area contributed by atoms with Gasteiger partial charge in [-0.1, -0.05) is 18.2 Å². The molecule has 150 valence electrons. The van der Waals surface area contributed by atoms with Crippen molar-refractivity contribution in [2.24, 2.45) is 0 Å². The van der Waals surface area contributed by atoms with Crippen molar-refractivity contribution >= 4 is 22.6 Å². The lowest BCUT2D eigenvalue weighted by Crippen LogP contribution is -2.07. The molecule has 0 aliphatic rings. The Bertz CT molecular complexity index is 1230. The number of nitrogens with zero attached hydrogens (tertiary/aromatic N) is 2. The summed E-state index contributed by atoms with van der Waals surface area (Å²) < 4.78 is 5.24. The number of pyridine rings is 2. The smallest absolute Gasteiger partial charge is 0.248 e. The van der Waals surface area contributed by atoms with Gasteiger partial charge in [0.15, 0.2) is 0 Å². The molecule has 1 aromatic carbocycles. The van der Waals surface area contributed by atoms with Crippen molar-refractivity contribution in [2.45, 2.75) is 0 Å². The molecule has 0 saturated heterocycles. The van der Waals surface area contributed by atoms with E-state index in [1.807, 2.05) is 42.6 Å². The third-order valence-electron chi connectivity index (χ3n) is 4.62. The maximum absolute atomic E-state index is 11.9. The average molecular weight is 400 g/mol. The number of aliphatic hydroxyl groups is 1. The summed E-state index contributed by atoms with van der Waals surface area (Å²) in [4.78, 5) is 23.8. The fourth-order valence-electron chi connectivity index (χ4n) is 3.21. The lowest BCUT2D eigenvalue weighted by atomic mass is 10.0. The van der Waals surface area contributed by atoms with Crippen LogP contribution in [0.2, 0.25) is 0 Å². The van der Waals surface area contributed by atoms with E-state index >= 15 is 0 Å². The first-order chi connectivity index (χ1) is 14.7. The van der Waals surface area contributed by atoms with Gasteiger partial charge in [-0.2, -0.15) is 0 Å². The molecule has 30 heavy (non-hydrogen) atoms. The number of aromatic nitrogens is 3. The molecule has 0 bridgehead atoms. The highest BCUT2D eigenvalue weighted by atomic mass is 16.5. The van der Waals surface area contributed by atoms with Crippen LogP contribution < -0.4 is 10.1 Å². The Labute approximate surface area is 173 Å². The predicted molar refractivity (Wildman–Crippen MR) is 116 cm³/mol. The summed E-state index contributed by atoms with van der Waals surface area (Å²) in [6, 6.07) is 13.4. The van der Waals surface area contributed by atoms with Gasteiger partial charge >= 0.3 is 0 Å². The van der Waals surface area contributed by atoms with Gasteiger partial charge in [0.05, 0.1) is 13.7 Å². The van der Waals surface area contributed by atoms with Crippen LogP contribution in [0.25, 0.3) is 33.3 Å². The highest BCUT2D eigenvalue weighted by Gasteiger charge is 2.11. The van der Waals surface area contributed by atoms with E-state index in [1.54, 1.807) is 19.5 Å². The molecule has 1 amide bonds. The normalized spacial score (nSPS) is 11.1. The van der Waals surface area contributed by atoms with Crippen LogP contribution in [0.1, 0.15) is 0 Å². The molecule has 0 unspecified atom stereocenters. The largest absolute Gasteiger partial charge is 0.481 e.